The van der Waals surface area contributed by atoms with Gasteiger partial charge in [-0.05, 0) is 133 Å². The van der Waals surface area contributed by atoms with Crippen molar-refractivity contribution in [3.8, 4) is 23.0 Å². The van der Waals surface area contributed by atoms with E-state index in [2.05, 4.69) is 156 Å². The fourth-order valence-corrected chi connectivity index (χ4v) is 14.8. The van der Waals surface area contributed by atoms with Gasteiger partial charge in [-0.3, -0.25) is 9.05 Å². The summed E-state index contributed by atoms with van der Waals surface area (Å²) in [7, 11) is -3.49. The Labute approximate surface area is 499 Å². The average molecular weight is 1150 g/mol. The predicted molar refractivity (Wildman–Crippen MR) is 348 cm³/mol. The molecule has 2 atom stereocenters. The quantitative estimate of drug-likeness (QED) is 0.0334. The van der Waals surface area contributed by atoms with Crippen molar-refractivity contribution in [2.45, 2.75) is 304 Å². The smallest absolute Gasteiger partial charge is 0.417 e. The van der Waals surface area contributed by atoms with Crippen molar-refractivity contribution in [1.82, 2.24) is 0 Å². The van der Waals surface area contributed by atoms with E-state index >= 15 is 0 Å². The van der Waals surface area contributed by atoms with E-state index in [1.807, 2.05) is 0 Å². The molecule has 0 aromatic heterocycles. The summed E-state index contributed by atoms with van der Waals surface area (Å²) in [6, 6.07) is 26.7. The average Bonchev–Trinajstić information content (AvgIpc) is 3.56. The van der Waals surface area contributed by atoms with Crippen LogP contribution in [-0.4, -0.2) is 13.2 Å². The first-order chi connectivity index (χ1) is 39.0. The highest BCUT2D eigenvalue weighted by molar-refractivity contribution is 7.42. The second kappa shape index (κ2) is 34.7. The molecule has 452 valence electrons. The number of para-hydroxylation sites is 2. The van der Waals surface area contributed by atoms with Crippen LogP contribution in [0.5, 0.6) is 23.0 Å². The maximum absolute atomic E-state index is 7.14. The molecular formula is C73H114O6P2. The number of hydrogen-bond donors (Lipinski definition) is 0. The van der Waals surface area contributed by atoms with Gasteiger partial charge in [0.1, 0.15) is 23.0 Å². The lowest BCUT2D eigenvalue weighted by molar-refractivity contribution is 0.255. The lowest BCUT2D eigenvalue weighted by Gasteiger charge is -2.35. The molecule has 0 aliphatic heterocycles. The van der Waals surface area contributed by atoms with Crippen LogP contribution in [0, 0.1) is 13.8 Å². The van der Waals surface area contributed by atoms with Crippen molar-refractivity contribution in [3.05, 3.63) is 117 Å². The first-order valence-electron chi connectivity index (χ1n) is 33.1. The van der Waals surface area contributed by atoms with E-state index in [0.717, 1.165) is 59.8 Å². The molecular weight excluding hydrogens is 1030 g/mol. The van der Waals surface area contributed by atoms with Crippen LogP contribution in [0.25, 0.3) is 0 Å². The zero-order valence-electron chi connectivity index (χ0n) is 53.6. The summed E-state index contributed by atoms with van der Waals surface area (Å²) in [5.74, 6) is 4.51. The Kier molecular flexibility index (Phi) is 28.7. The van der Waals surface area contributed by atoms with E-state index in [0.29, 0.717) is 25.0 Å². The molecule has 0 heterocycles. The van der Waals surface area contributed by atoms with Crippen molar-refractivity contribution in [3.63, 3.8) is 0 Å². The Hall–Kier alpha value is -3.14. The van der Waals surface area contributed by atoms with Gasteiger partial charge in [0.25, 0.3) is 0 Å². The van der Waals surface area contributed by atoms with Crippen LogP contribution >= 0.6 is 17.2 Å². The van der Waals surface area contributed by atoms with Gasteiger partial charge < -0.3 is 18.1 Å². The van der Waals surface area contributed by atoms with Crippen molar-refractivity contribution in [2.75, 3.05) is 13.2 Å². The summed E-state index contributed by atoms with van der Waals surface area (Å²) in [4.78, 5) is 0. The molecule has 2 aliphatic carbocycles. The van der Waals surface area contributed by atoms with Gasteiger partial charge in [0.05, 0.1) is 13.2 Å². The van der Waals surface area contributed by atoms with E-state index in [4.69, 9.17) is 27.1 Å². The molecule has 2 aliphatic rings. The Morgan fingerprint density at radius 1 is 0.370 bits per heavy atom. The fourth-order valence-electron chi connectivity index (χ4n) is 12.7. The van der Waals surface area contributed by atoms with Gasteiger partial charge >= 0.3 is 17.2 Å². The van der Waals surface area contributed by atoms with Crippen LogP contribution in [0.4, 0.5) is 0 Å². The van der Waals surface area contributed by atoms with Crippen LogP contribution in [0.3, 0.4) is 0 Å². The number of unbranched alkanes of at least 4 members (excludes halogenated alkanes) is 18. The van der Waals surface area contributed by atoms with Crippen molar-refractivity contribution in [1.29, 1.82) is 0 Å². The minimum absolute atomic E-state index is 0.227. The minimum Gasteiger partial charge on any atom is -0.417 e. The molecule has 4 aromatic rings. The zero-order valence-corrected chi connectivity index (χ0v) is 55.3. The Bertz CT molecular complexity index is 2240. The molecule has 6 nitrogen and oxygen atoms in total. The Morgan fingerprint density at radius 3 is 1.01 bits per heavy atom. The monoisotopic (exact) mass is 1150 g/mol. The van der Waals surface area contributed by atoms with Gasteiger partial charge in [-0.15, -0.1) is 0 Å². The van der Waals surface area contributed by atoms with Gasteiger partial charge in [0.15, 0.2) is 0 Å². The third-order valence-corrected chi connectivity index (χ3v) is 19.8. The highest BCUT2D eigenvalue weighted by atomic mass is 31.2. The van der Waals surface area contributed by atoms with Crippen molar-refractivity contribution in [2.24, 2.45) is 0 Å². The van der Waals surface area contributed by atoms with Crippen LogP contribution in [0.2, 0.25) is 0 Å². The Balaban J connectivity index is 1.25. The summed E-state index contributed by atoms with van der Waals surface area (Å²) in [6.07, 6.45) is 38.2. The number of benzene rings is 4. The summed E-state index contributed by atoms with van der Waals surface area (Å²) in [6.45, 7) is 28.9. The van der Waals surface area contributed by atoms with Gasteiger partial charge in [-0.2, -0.15) is 0 Å². The van der Waals surface area contributed by atoms with Crippen molar-refractivity contribution >= 4 is 17.2 Å². The molecule has 0 bridgehead atoms. The number of aryl methyl sites for hydroxylation is 2. The van der Waals surface area contributed by atoms with Crippen LogP contribution in [-0.2, 0) is 25.3 Å². The summed E-state index contributed by atoms with van der Waals surface area (Å²) >= 11 is 0. The molecule has 8 heteroatoms. The van der Waals surface area contributed by atoms with E-state index < -0.39 is 17.2 Å². The second-order valence-corrected chi connectivity index (χ2v) is 29.2. The topological polar surface area (TPSA) is 55.4 Å². The van der Waals surface area contributed by atoms with Crippen LogP contribution in [0.1, 0.15) is 318 Å². The van der Waals surface area contributed by atoms with Crippen molar-refractivity contribution < 1.29 is 27.1 Å². The van der Waals surface area contributed by atoms with E-state index in [1.165, 1.54) is 200 Å². The fraction of sp³-hybridized carbons (Fsp3) is 0.671. The van der Waals surface area contributed by atoms with Gasteiger partial charge in [0.2, 0.25) is 0 Å². The molecule has 2 unspecified atom stereocenters. The molecule has 4 aromatic carbocycles. The molecule has 0 N–H and O–H groups in total. The van der Waals surface area contributed by atoms with Gasteiger partial charge in [-0.25, -0.2) is 0 Å². The summed E-state index contributed by atoms with van der Waals surface area (Å²) in [5.41, 5.74) is 8.99. The molecule has 0 amide bonds. The first kappa shape index (κ1) is 67.0. The standard InChI is InChI=1S/C73H114O6P2/c1-13-15-17-19-21-23-25-27-29-41-51-74-80(76-67-49-39-37-47-61(67)59-43-33-31-34-44-59)78-69-53-57(3)63(55-65(69)71(5,6)7)73(11,12)64-56-66(72(8,9)10)70(54-58(64)4)79-81(75-52-42-30-28-26-24-22-20-18-16-14-2)77-68-50-40-38-48-62(68)60-45-35-32-36-46-60/h37-40,47-50,53-56,59-60H,13-36,41-46,51-52H2,1-12H3. The first-order valence-corrected chi connectivity index (χ1v) is 35.3. The number of hydrogen-bond acceptors (Lipinski definition) is 6. The van der Waals surface area contributed by atoms with Gasteiger partial charge in [-0.1, -0.05) is 272 Å². The highest BCUT2D eigenvalue weighted by Crippen LogP contribution is 2.52. The Morgan fingerprint density at radius 2 is 0.679 bits per heavy atom. The molecule has 0 spiro atoms. The summed E-state index contributed by atoms with van der Waals surface area (Å²) < 4.78 is 41.8. The minimum atomic E-state index is -1.74. The third-order valence-electron chi connectivity index (χ3n) is 17.6. The molecule has 0 saturated heterocycles. The highest BCUT2D eigenvalue weighted by Gasteiger charge is 2.35. The van der Waals surface area contributed by atoms with E-state index in [-0.39, 0.29) is 16.2 Å². The van der Waals surface area contributed by atoms with Crippen LogP contribution in [0.15, 0.2) is 72.8 Å². The normalized spacial score (nSPS) is 15.7. The molecule has 6 rings (SSSR count). The largest absolute Gasteiger partial charge is 0.463 e. The van der Waals surface area contributed by atoms with E-state index in [1.54, 1.807) is 0 Å². The predicted octanol–water partition coefficient (Wildman–Crippen LogP) is 24.6. The lowest BCUT2D eigenvalue weighted by atomic mass is 9.71. The zero-order chi connectivity index (χ0) is 58.1. The third kappa shape index (κ3) is 21.7. The van der Waals surface area contributed by atoms with Crippen LogP contribution < -0.4 is 18.1 Å². The van der Waals surface area contributed by atoms with E-state index in [9.17, 15) is 0 Å². The number of rotatable bonds is 36. The maximum atomic E-state index is 7.14. The molecule has 0 radical (unpaired) electrons. The summed E-state index contributed by atoms with van der Waals surface area (Å²) in [5, 5.41) is 0. The van der Waals surface area contributed by atoms with Gasteiger partial charge in [0, 0.05) is 16.5 Å². The molecule has 2 fully saturated rings. The lowest BCUT2D eigenvalue weighted by Crippen LogP contribution is -2.25. The molecule has 2 saturated carbocycles. The second-order valence-electron chi connectivity index (χ2n) is 27.0. The SMILES string of the molecule is CCCCCCCCCCCCOP(Oc1ccccc1C1CCCCC1)Oc1cc(C)c(C(C)(C)c2cc(C(C)(C)C)c(OP(OCCCCCCCCCCCC)Oc3ccccc3C3CCCCC3)cc2C)cc1C(C)(C)C. The maximum Gasteiger partial charge on any atom is 0.463 e. The molecule has 81 heavy (non-hydrogen) atoms.